The Bertz CT molecular complexity index is 1270. The summed E-state index contributed by atoms with van der Waals surface area (Å²) in [5, 5.41) is 9.12. The van der Waals surface area contributed by atoms with Gasteiger partial charge in [0.2, 0.25) is 0 Å². The SMILES string of the molecule is COc1cc(OC)cc(N(CCNC(C)C)c2ccc3ncc(-c4cnn(CCSC)c4)cc3c2)c1. The third kappa shape index (κ3) is 6.30. The maximum Gasteiger partial charge on any atom is 0.124 e. The monoisotopic (exact) mass is 505 g/mol. The van der Waals surface area contributed by atoms with E-state index >= 15 is 0 Å². The molecule has 0 saturated carbocycles. The number of fused-ring (bicyclic) bond motifs is 1. The highest BCUT2D eigenvalue weighted by Crippen LogP contribution is 2.34. The molecule has 36 heavy (non-hydrogen) atoms. The molecule has 1 N–H and O–H groups in total. The van der Waals surface area contributed by atoms with Crippen LogP contribution in [0.4, 0.5) is 11.4 Å². The van der Waals surface area contributed by atoms with Crippen LogP contribution in [0.1, 0.15) is 13.8 Å². The summed E-state index contributed by atoms with van der Waals surface area (Å²) in [6.45, 7) is 6.84. The molecule has 190 valence electrons. The summed E-state index contributed by atoms with van der Waals surface area (Å²) in [4.78, 5) is 7.01. The van der Waals surface area contributed by atoms with Crippen molar-refractivity contribution in [1.29, 1.82) is 0 Å². The van der Waals surface area contributed by atoms with Gasteiger partial charge in [-0.05, 0) is 30.5 Å². The Morgan fingerprint density at radius 1 is 0.972 bits per heavy atom. The van der Waals surface area contributed by atoms with Gasteiger partial charge in [-0.25, -0.2) is 0 Å². The van der Waals surface area contributed by atoms with E-state index in [4.69, 9.17) is 14.5 Å². The Morgan fingerprint density at radius 2 is 1.75 bits per heavy atom. The van der Waals surface area contributed by atoms with E-state index in [1.807, 2.05) is 47.0 Å². The molecule has 0 aliphatic carbocycles. The number of methoxy groups -OCH3 is 2. The summed E-state index contributed by atoms with van der Waals surface area (Å²) >= 11 is 1.82. The van der Waals surface area contributed by atoms with Crippen molar-refractivity contribution in [3.05, 3.63) is 61.1 Å². The number of rotatable bonds is 12. The molecule has 0 saturated heterocycles. The van der Waals surface area contributed by atoms with Gasteiger partial charge in [-0.2, -0.15) is 16.9 Å². The molecule has 2 aromatic heterocycles. The van der Waals surface area contributed by atoms with E-state index in [1.165, 1.54) is 0 Å². The van der Waals surface area contributed by atoms with E-state index < -0.39 is 0 Å². The maximum absolute atomic E-state index is 5.55. The quantitative estimate of drug-likeness (QED) is 0.268. The Kier molecular flexibility index (Phi) is 8.72. The maximum atomic E-state index is 5.55. The molecule has 0 aliphatic rings. The molecular formula is C28H35N5O2S. The molecule has 0 atom stereocenters. The summed E-state index contributed by atoms with van der Waals surface area (Å²) in [5.41, 5.74) is 5.19. The van der Waals surface area contributed by atoms with Crippen LogP contribution in [-0.4, -0.2) is 60.1 Å². The number of hydrogen-bond acceptors (Lipinski definition) is 7. The lowest BCUT2D eigenvalue weighted by Crippen LogP contribution is -2.32. The Labute approximate surface area is 217 Å². The molecule has 0 unspecified atom stereocenters. The smallest absolute Gasteiger partial charge is 0.124 e. The molecule has 0 radical (unpaired) electrons. The van der Waals surface area contributed by atoms with Crippen LogP contribution in [-0.2, 0) is 6.54 Å². The molecule has 4 rings (SSSR count). The Morgan fingerprint density at radius 3 is 2.44 bits per heavy atom. The van der Waals surface area contributed by atoms with Crippen molar-refractivity contribution in [2.75, 3.05) is 44.2 Å². The van der Waals surface area contributed by atoms with Crippen LogP contribution in [0.15, 0.2) is 61.1 Å². The highest BCUT2D eigenvalue weighted by molar-refractivity contribution is 7.98. The van der Waals surface area contributed by atoms with E-state index in [0.29, 0.717) is 6.04 Å². The summed E-state index contributed by atoms with van der Waals surface area (Å²) in [5.74, 6) is 2.56. The standard InChI is InChI=1S/C28H35N5O2S/c1-20(2)29-8-9-33(25-14-26(34-3)16-27(15-25)35-4)24-6-7-28-21(13-24)12-22(17-30-28)23-18-31-32(19-23)10-11-36-5/h6-7,12-20,29H,8-11H2,1-5H3. The number of nitrogens with zero attached hydrogens (tertiary/aromatic N) is 4. The van der Waals surface area contributed by atoms with Crippen LogP contribution in [0.2, 0.25) is 0 Å². The van der Waals surface area contributed by atoms with E-state index in [-0.39, 0.29) is 0 Å². The minimum atomic E-state index is 0.409. The fraction of sp³-hybridized carbons (Fsp3) is 0.357. The van der Waals surface area contributed by atoms with Gasteiger partial charge >= 0.3 is 0 Å². The second-order valence-electron chi connectivity index (χ2n) is 8.92. The number of pyridine rings is 1. The minimum Gasteiger partial charge on any atom is -0.497 e. The van der Waals surface area contributed by atoms with Crippen LogP contribution in [0.3, 0.4) is 0 Å². The minimum absolute atomic E-state index is 0.409. The number of aromatic nitrogens is 3. The Hall–Kier alpha value is -3.23. The topological polar surface area (TPSA) is 64.4 Å². The van der Waals surface area contributed by atoms with Crippen molar-refractivity contribution in [3.63, 3.8) is 0 Å². The third-order valence-electron chi connectivity index (χ3n) is 6.00. The molecule has 8 heteroatoms. The molecule has 0 bridgehead atoms. The molecule has 0 spiro atoms. The summed E-state index contributed by atoms with van der Waals surface area (Å²) in [7, 11) is 3.35. The van der Waals surface area contributed by atoms with Crippen molar-refractivity contribution >= 4 is 34.0 Å². The van der Waals surface area contributed by atoms with Crippen molar-refractivity contribution < 1.29 is 9.47 Å². The van der Waals surface area contributed by atoms with E-state index in [9.17, 15) is 0 Å². The normalized spacial score (nSPS) is 11.3. The summed E-state index contributed by atoms with van der Waals surface area (Å²) < 4.78 is 13.1. The number of thioether (sulfide) groups is 1. The van der Waals surface area contributed by atoms with E-state index in [2.05, 4.69) is 65.9 Å². The second-order valence-corrected chi connectivity index (χ2v) is 9.90. The van der Waals surface area contributed by atoms with Gasteiger partial charge in [0.1, 0.15) is 11.5 Å². The average molecular weight is 506 g/mol. The lowest BCUT2D eigenvalue weighted by Gasteiger charge is -2.27. The molecule has 0 aliphatic heterocycles. The molecule has 0 amide bonds. The number of nitrogens with one attached hydrogen (secondary N) is 1. The van der Waals surface area contributed by atoms with Gasteiger partial charge in [-0.3, -0.25) is 9.67 Å². The zero-order valence-corrected chi connectivity index (χ0v) is 22.5. The Balaban J connectivity index is 1.70. The molecule has 0 fully saturated rings. The fourth-order valence-electron chi connectivity index (χ4n) is 4.09. The van der Waals surface area contributed by atoms with Crippen LogP contribution >= 0.6 is 11.8 Å². The first kappa shape index (κ1) is 25.9. The summed E-state index contributed by atoms with van der Waals surface area (Å²) in [6.07, 6.45) is 8.04. The van der Waals surface area contributed by atoms with E-state index in [1.54, 1.807) is 14.2 Å². The first-order valence-electron chi connectivity index (χ1n) is 12.2. The van der Waals surface area contributed by atoms with Gasteiger partial charge in [-0.15, -0.1) is 0 Å². The van der Waals surface area contributed by atoms with Crippen LogP contribution < -0.4 is 19.7 Å². The molecule has 7 nitrogen and oxygen atoms in total. The highest BCUT2D eigenvalue weighted by Gasteiger charge is 2.14. The second kappa shape index (κ2) is 12.1. The lowest BCUT2D eigenvalue weighted by atomic mass is 10.1. The zero-order chi connectivity index (χ0) is 25.5. The van der Waals surface area contributed by atoms with Gasteiger partial charge in [0.05, 0.1) is 25.9 Å². The van der Waals surface area contributed by atoms with Crippen molar-refractivity contribution in [1.82, 2.24) is 20.1 Å². The van der Waals surface area contributed by atoms with Crippen LogP contribution in [0.25, 0.3) is 22.0 Å². The van der Waals surface area contributed by atoms with E-state index in [0.717, 1.165) is 70.3 Å². The summed E-state index contributed by atoms with van der Waals surface area (Å²) in [6, 6.07) is 15.0. The fourth-order valence-corrected chi connectivity index (χ4v) is 4.45. The number of aryl methyl sites for hydroxylation is 1. The van der Waals surface area contributed by atoms with Gasteiger partial charge in [-0.1, -0.05) is 13.8 Å². The number of ether oxygens (including phenoxy) is 2. The predicted molar refractivity (Wildman–Crippen MR) is 151 cm³/mol. The first-order chi connectivity index (χ1) is 17.5. The van der Waals surface area contributed by atoms with Crippen molar-refractivity contribution in [3.8, 4) is 22.6 Å². The molecule has 4 aromatic rings. The van der Waals surface area contributed by atoms with Crippen molar-refractivity contribution in [2.24, 2.45) is 0 Å². The number of benzene rings is 2. The number of anilines is 2. The highest BCUT2D eigenvalue weighted by atomic mass is 32.2. The lowest BCUT2D eigenvalue weighted by molar-refractivity contribution is 0.394. The largest absolute Gasteiger partial charge is 0.497 e. The third-order valence-corrected chi connectivity index (χ3v) is 6.59. The van der Waals surface area contributed by atoms with Gasteiger partial charge in [0.15, 0.2) is 0 Å². The molecule has 2 aromatic carbocycles. The molecular weight excluding hydrogens is 470 g/mol. The van der Waals surface area contributed by atoms with Gasteiger partial charge in [0.25, 0.3) is 0 Å². The van der Waals surface area contributed by atoms with Crippen LogP contribution in [0, 0.1) is 0 Å². The predicted octanol–water partition coefficient (Wildman–Crippen LogP) is 5.61. The first-order valence-corrected chi connectivity index (χ1v) is 13.6. The zero-order valence-electron chi connectivity index (χ0n) is 21.7. The van der Waals surface area contributed by atoms with Crippen molar-refractivity contribution in [2.45, 2.75) is 26.4 Å². The van der Waals surface area contributed by atoms with Gasteiger partial charge < -0.3 is 19.7 Å². The van der Waals surface area contributed by atoms with Gasteiger partial charge in [0, 0.05) is 89.9 Å². The average Bonchev–Trinajstić information content (AvgIpc) is 3.38. The molecule has 2 heterocycles. The number of hydrogen-bond donors (Lipinski definition) is 1. The van der Waals surface area contributed by atoms with Crippen LogP contribution in [0.5, 0.6) is 11.5 Å².